The van der Waals surface area contributed by atoms with E-state index in [9.17, 15) is 4.79 Å². The minimum Gasteiger partial charge on any atom is -0.337 e. The highest BCUT2D eigenvalue weighted by Gasteiger charge is 2.31. The lowest BCUT2D eigenvalue weighted by atomic mass is 10.1. The van der Waals surface area contributed by atoms with E-state index in [2.05, 4.69) is 15.6 Å². The quantitative estimate of drug-likeness (QED) is 0.844. The average molecular weight is 249 g/mol. The van der Waals surface area contributed by atoms with Crippen molar-refractivity contribution in [1.29, 1.82) is 0 Å². The molecule has 0 aromatic carbocycles. The molecule has 0 unspecified atom stereocenters. The summed E-state index contributed by atoms with van der Waals surface area (Å²) in [5, 5.41) is 11.5. The van der Waals surface area contributed by atoms with Gasteiger partial charge in [0.2, 0.25) is 0 Å². The Morgan fingerprint density at radius 3 is 2.78 bits per heavy atom. The SMILES string of the molecule is CN(C(=O)c1cn(C2CCNCC2)nn1)C1CC1. The van der Waals surface area contributed by atoms with E-state index in [0.717, 1.165) is 38.8 Å². The van der Waals surface area contributed by atoms with E-state index in [-0.39, 0.29) is 5.91 Å². The molecule has 6 nitrogen and oxygen atoms in total. The molecule has 3 rings (SSSR count). The molecule has 18 heavy (non-hydrogen) atoms. The van der Waals surface area contributed by atoms with Gasteiger partial charge in [-0.15, -0.1) is 5.10 Å². The Morgan fingerprint density at radius 2 is 2.11 bits per heavy atom. The fourth-order valence-electron chi connectivity index (χ4n) is 2.43. The van der Waals surface area contributed by atoms with Crippen LogP contribution in [0.3, 0.4) is 0 Å². The minimum atomic E-state index is -0.00214. The lowest BCUT2D eigenvalue weighted by Gasteiger charge is -2.22. The third kappa shape index (κ3) is 2.25. The molecule has 1 saturated carbocycles. The van der Waals surface area contributed by atoms with Gasteiger partial charge in [-0.25, -0.2) is 4.68 Å². The van der Waals surface area contributed by atoms with Crippen LogP contribution in [-0.2, 0) is 0 Å². The van der Waals surface area contributed by atoms with Crippen molar-refractivity contribution in [3.63, 3.8) is 0 Å². The Morgan fingerprint density at radius 1 is 1.39 bits per heavy atom. The first-order valence-corrected chi connectivity index (χ1v) is 6.65. The maximum Gasteiger partial charge on any atom is 0.276 e. The van der Waals surface area contributed by atoms with Crippen molar-refractivity contribution in [3.8, 4) is 0 Å². The maximum absolute atomic E-state index is 12.1. The lowest BCUT2D eigenvalue weighted by molar-refractivity contribution is 0.0779. The molecule has 1 aromatic heterocycles. The van der Waals surface area contributed by atoms with Crippen LogP contribution in [0.15, 0.2) is 6.20 Å². The number of amides is 1. The molecule has 0 bridgehead atoms. The first kappa shape index (κ1) is 11.6. The second kappa shape index (κ2) is 4.68. The molecular formula is C12H19N5O. The molecule has 1 saturated heterocycles. The van der Waals surface area contributed by atoms with Crippen molar-refractivity contribution >= 4 is 5.91 Å². The predicted octanol–water partition coefficient (Wildman–Crippen LogP) is 0.437. The van der Waals surface area contributed by atoms with Crippen molar-refractivity contribution in [1.82, 2.24) is 25.2 Å². The van der Waals surface area contributed by atoms with Crippen molar-refractivity contribution in [2.24, 2.45) is 0 Å². The van der Waals surface area contributed by atoms with Crippen molar-refractivity contribution in [2.45, 2.75) is 37.8 Å². The summed E-state index contributed by atoms with van der Waals surface area (Å²) < 4.78 is 1.86. The molecule has 1 aliphatic heterocycles. The Bertz CT molecular complexity index is 433. The van der Waals surface area contributed by atoms with Gasteiger partial charge < -0.3 is 10.2 Å². The van der Waals surface area contributed by atoms with Gasteiger partial charge in [-0.2, -0.15) is 0 Å². The number of hydrogen-bond acceptors (Lipinski definition) is 4. The van der Waals surface area contributed by atoms with Gasteiger partial charge >= 0.3 is 0 Å². The molecule has 0 atom stereocenters. The molecule has 98 valence electrons. The summed E-state index contributed by atoms with van der Waals surface area (Å²) >= 11 is 0. The molecule has 1 aliphatic carbocycles. The predicted molar refractivity (Wildman–Crippen MR) is 66.3 cm³/mol. The number of nitrogens with one attached hydrogen (secondary N) is 1. The monoisotopic (exact) mass is 249 g/mol. The summed E-state index contributed by atoms with van der Waals surface area (Å²) in [6, 6.07) is 0.799. The second-order valence-electron chi connectivity index (χ2n) is 5.21. The largest absolute Gasteiger partial charge is 0.337 e. The first-order valence-electron chi connectivity index (χ1n) is 6.65. The summed E-state index contributed by atoms with van der Waals surface area (Å²) in [7, 11) is 1.85. The fourth-order valence-corrected chi connectivity index (χ4v) is 2.43. The zero-order chi connectivity index (χ0) is 12.5. The molecule has 1 aromatic rings. The zero-order valence-electron chi connectivity index (χ0n) is 10.7. The smallest absolute Gasteiger partial charge is 0.276 e. The van der Waals surface area contributed by atoms with Gasteiger partial charge in [0.05, 0.1) is 12.2 Å². The molecule has 2 aliphatic rings. The fraction of sp³-hybridized carbons (Fsp3) is 0.750. The lowest BCUT2D eigenvalue weighted by Crippen LogP contribution is -2.30. The third-order valence-electron chi connectivity index (χ3n) is 3.83. The molecule has 0 spiro atoms. The number of nitrogens with zero attached hydrogens (tertiary/aromatic N) is 4. The van der Waals surface area contributed by atoms with Crippen molar-refractivity contribution in [2.75, 3.05) is 20.1 Å². The normalized spacial score (nSPS) is 20.9. The van der Waals surface area contributed by atoms with Crippen LogP contribution in [0, 0.1) is 0 Å². The van der Waals surface area contributed by atoms with E-state index in [1.54, 1.807) is 11.1 Å². The van der Waals surface area contributed by atoms with Gasteiger partial charge in [0.15, 0.2) is 5.69 Å². The highest BCUT2D eigenvalue weighted by atomic mass is 16.2. The third-order valence-corrected chi connectivity index (χ3v) is 3.83. The Labute approximate surface area is 106 Å². The number of aromatic nitrogens is 3. The van der Waals surface area contributed by atoms with E-state index in [1.165, 1.54) is 0 Å². The van der Waals surface area contributed by atoms with Gasteiger partial charge in [0, 0.05) is 13.1 Å². The average Bonchev–Trinajstić information content (AvgIpc) is 3.15. The molecule has 6 heteroatoms. The molecular weight excluding hydrogens is 230 g/mol. The highest BCUT2D eigenvalue weighted by molar-refractivity contribution is 5.92. The van der Waals surface area contributed by atoms with Gasteiger partial charge in [-0.1, -0.05) is 5.21 Å². The van der Waals surface area contributed by atoms with E-state index in [0.29, 0.717) is 17.8 Å². The summed E-state index contributed by atoms with van der Waals surface area (Å²) in [5.41, 5.74) is 0.475. The highest BCUT2D eigenvalue weighted by Crippen LogP contribution is 2.26. The van der Waals surface area contributed by atoms with Crippen LogP contribution in [0.4, 0.5) is 0 Å². The summed E-state index contributed by atoms with van der Waals surface area (Å²) in [4.78, 5) is 13.9. The number of rotatable bonds is 3. The Balaban J connectivity index is 1.70. The maximum atomic E-state index is 12.1. The van der Waals surface area contributed by atoms with Gasteiger partial charge in [-0.05, 0) is 38.8 Å². The van der Waals surface area contributed by atoms with Crippen LogP contribution < -0.4 is 5.32 Å². The number of carbonyl (C=O) groups is 1. The van der Waals surface area contributed by atoms with E-state index in [1.807, 2.05) is 11.7 Å². The van der Waals surface area contributed by atoms with Crippen molar-refractivity contribution < 1.29 is 4.79 Å². The van der Waals surface area contributed by atoms with E-state index >= 15 is 0 Å². The van der Waals surface area contributed by atoms with Gasteiger partial charge in [-0.3, -0.25) is 4.79 Å². The van der Waals surface area contributed by atoms with Crippen LogP contribution in [0.5, 0.6) is 0 Å². The topological polar surface area (TPSA) is 63.1 Å². The molecule has 2 fully saturated rings. The van der Waals surface area contributed by atoms with Crippen LogP contribution in [0.25, 0.3) is 0 Å². The second-order valence-corrected chi connectivity index (χ2v) is 5.21. The number of hydrogen-bond donors (Lipinski definition) is 1. The van der Waals surface area contributed by atoms with E-state index < -0.39 is 0 Å². The van der Waals surface area contributed by atoms with Crippen molar-refractivity contribution in [3.05, 3.63) is 11.9 Å². The Hall–Kier alpha value is -1.43. The molecule has 0 radical (unpaired) electrons. The molecule has 2 heterocycles. The van der Waals surface area contributed by atoms with Crippen LogP contribution in [0.1, 0.15) is 42.2 Å². The zero-order valence-corrected chi connectivity index (χ0v) is 10.7. The van der Waals surface area contributed by atoms with Crippen LogP contribution in [0.2, 0.25) is 0 Å². The summed E-state index contributed by atoms with van der Waals surface area (Å²) in [6.45, 7) is 2.02. The van der Waals surface area contributed by atoms with Gasteiger partial charge in [0.25, 0.3) is 5.91 Å². The minimum absolute atomic E-state index is 0.00214. The molecule has 1 N–H and O–H groups in total. The number of carbonyl (C=O) groups excluding carboxylic acids is 1. The molecule has 1 amide bonds. The standard InChI is InChI=1S/C12H19N5O/c1-16(9-2-3-9)12(18)11-8-17(15-14-11)10-4-6-13-7-5-10/h8-10,13H,2-7H2,1H3. The van der Waals surface area contributed by atoms with E-state index in [4.69, 9.17) is 0 Å². The first-order chi connectivity index (χ1) is 8.75. The summed E-state index contributed by atoms with van der Waals surface area (Å²) in [6.07, 6.45) is 6.14. The van der Waals surface area contributed by atoms with Crippen LogP contribution in [-0.4, -0.2) is 52.0 Å². The van der Waals surface area contributed by atoms with Crippen LogP contribution >= 0.6 is 0 Å². The van der Waals surface area contributed by atoms with Gasteiger partial charge in [0.1, 0.15) is 0 Å². The number of piperidine rings is 1. The Kier molecular flexibility index (Phi) is 3.03. The summed E-state index contributed by atoms with van der Waals surface area (Å²) in [5.74, 6) is -0.00214.